The summed E-state index contributed by atoms with van der Waals surface area (Å²) >= 11 is 0. The summed E-state index contributed by atoms with van der Waals surface area (Å²) < 4.78 is 29.9. The van der Waals surface area contributed by atoms with Crippen LogP contribution in [-0.4, -0.2) is 56.3 Å². The van der Waals surface area contributed by atoms with E-state index < -0.39 is 10.0 Å². The summed E-state index contributed by atoms with van der Waals surface area (Å²) in [6.07, 6.45) is 0.749. The quantitative estimate of drug-likeness (QED) is 0.261. The number of sulfonamides is 1. The molecule has 0 aliphatic rings. The maximum atomic E-state index is 11.9. The predicted octanol–water partition coefficient (Wildman–Crippen LogP) is -0.189. The van der Waals surface area contributed by atoms with Crippen LogP contribution in [0.1, 0.15) is 19.8 Å². The number of nitrogens with two attached hydrogens (primary N) is 1. The SMILES string of the molecule is CCCS(=O)(=O)N(CCOC)CC/C(N)=N/O. The second-order valence-corrected chi connectivity index (χ2v) is 5.64. The Morgan fingerprint density at radius 1 is 1.47 bits per heavy atom. The molecule has 0 aromatic heterocycles. The Labute approximate surface area is 102 Å². The van der Waals surface area contributed by atoms with E-state index in [1.54, 1.807) is 6.92 Å². The van der Waals surface area contributed by atoms with E-state index in [-0.39, 0.29) is 31.1 Å². The van der Waals surface area contributed by atoms with E-state index in [0.717, 1.165) is 0 Å². The molecule has 102 valence electrons. The van der Waals surface area contributed by atoms with Crippen molar-refractivity contribution in [3.05, 3.63) is 0 Å². The van der Waals surface area contributed by atoms with E-state index >= 15 is 0 Å². The average molecular weight is 267 g/mol. The van der Waals surface area contributed by atoms with Crippen LogP contribution in [0.15, 0.2) is 5.16 Å². The monoisotopic (exact) mass is 267 g/mol. The lowest BCUT2D eigenvalue weighted by molar-refractivity contribution is 0.179. The van der Waals surface area contributed by atoms with Crippen molar-refractivity contribution in [2.75, 3.05) is 32.6 Å². The summed E-state index contributed by atoms with van der Waals surface area (Å²) in [4.78, 5) is 0. The van der Waals surface area contributed by atoms with Crippen molar-refractivity contribution in [1.82, 2.24) is 4.31 Å². The van der Waals surface area contributed by atoms with Gasteiger partial charge in [-0.1, -0.05) is 12.1 Å². The molecule has 0 radical (unpaired) electrons. The third-order valence-electron chi connectivity index (χ3n) is 2.15. The van der Waals surface area contributed by atoms with Gasteiger partial charge in [0, 0.05) is 26.6 Å². The van der Waals surface area contributed by atoms with Crippen molar-refractivity contribution in [1.29, 1.82) is 0 Å². The lowest BCUT2D eigenvalue weighted by atomic mass is 10.4. The summed E-state index contributed by atoms with van der Waals surface area (Å²) in [5.74, 6) is 0.103. The zero-order chi connectivity index (χ0) is 13.3. The van der Waals surface area contributed by atoms with Crippen LogP contribution in [0.3, 0.4) is 0 Å². The van der Waals surface area contributed by atoms with Gasteiger partial charge >= 0.3 is 0 Å². The lowest BCUT2D eigenvalue weighted by Crippen LogP contribution is -2.37. The minimum absolute atomic E-state index is 0.0131. The molecule has 0 atom stereocenters. The van der Waals surface area contributed by atoms with Crippen molar-refractivity contribution in [3.63, 3.8) is 0 Å². The number of oxime groups is 1. The van der Waals surface area contributed by atoms with Gasteiger partial charge in [0.25, 0.3) is 0 Å². The standard InChI is InChI=1S/C9H21N3O4S/c1-3-8-17(14,15)12(6-7-16-2)5-4-9(10)11-13/h13H,3-8H2,1-2H3,(H2,10,11). The van der Waals surface area contributed by atoms with Gasteiger partial charge in [-0.05, 0) is 6.42 Å². The highest BCUT2D eigenvalue weighted by molar-refractivity contribution is 7.89. The van der Waals surface area contributed by atoms with Crippen LogP contribution in [0.25, 0.3) is 0 Å². The normalized spacial score (nSPS) is 13.2. The molecular weight excluding hydrogens is 246 g/mol. The predicted molar refractivity (Wildman–Crippen MR) is 65.6 cm³/mol. The number of hydrogen-bond acceptors (Lipinski definition) is 5. The van der Waals surface area contributed by atoms with Crippen LogP contribution < -0.4 is 5.73 Å². The first-order valence-corrected chi connectivity index (χ1v) is 7.02. The third kappa shape index (κ3) is 6.44. The van der Waals surface area contributed by atoms with Gasteiger partial charge in [-0.15, -0.1) is 0 Å². The van der Waals surface area contributed by atoms with Gasteiger partial charge in [0.2, 0.25) is 10.0 Å². The molecule has 0 unspecified atom stereocenters. The number of hydrogen-bond donors (Lipinski definition) is 2. The maximum Gasteiger partial charge on any atom is 0.214 e. The van der Waals surface area contributed by atoms with E-state index in [4.69, 9.17) is 15.7 Å². The molecule has 7 nitrogen and oxygen atoms in total. The van der Waals surface area contributed by atoms with E-state index in [1.165, 1.54) is 11.4 Å². The van der Waals surface area contributed by atoms with E-state index in [0.29, 0.717) is 13.0 Å². The molecule has 0 aliphatic carbocycles. The molecule has 3 N–H and O–H groups in total. The van der Waals surface area contributed by atoms with Gasteiger partial charge in [-0.3, -0.25) is 0 Å². The van der Waals surface area contributed by atoms with Crippen molar-refractivity contribution in [2.24, 2.45) is 10.9 Å². The summed E-state index contributed by atoms with van der Waals surface area (Å²) in [7, 11) is -1.78. The molecule has 0 amide bonds. The Morgan fingerprint density at radius 2 is 2.12 bits per heavy atom. The lowest BCUT2D eigenvalue weighted by Gasteiger charge is -2.21. The van der Waals surface area contributed by atoms with Crippen LogP contribution in [0, 0.1) is 0 Å². The smallest absolute Gasteiger partial charge is 0.214 e. The van der Waals surface area contributed by atoms with Gasteiger partial charge in [-0.2, -0.15) is 4.31 Å². The Morgan fingerprint density at radius 3 is 2.59 bits per heavy atom. The Kier molecular flexibility index (Phi) is 7.85. The summed E-state index contributed by atoms with van der Waals surface area (Å²) in [6.45, 7) is 2.59. The van der Waals surface area contributed by atoms with Gasteiger partial charge < -0.3 is 15.7 Å². The highest BCUT2D eigenvalue weighted by Gasteiger charge is 2.20. The molecule has 8 heteroatoms. The van der Waals surface area contributed by atoms with E-state index in [2.05, 4.69) is 5.16 Å². The van der Waals surface area contributed by atoms with Crippen LogP contribution in [0.2, 0.25) is 0 Å². The van der Waals surface area contributed by atoms with Crippen molar-refractivity contribution >= 4 is 15.9 Å². The highest BCUT2D eigenvalue weighted by atomic mass is 32.2. The molecule has 0 spiro atoms. The number of ether oxygens (including phenoxy) is 1. The van der Waals surface area contributed by atoms with Crippen molar-refractivity contribution < 1.29 is 18.4 Å². The Hall–Kier alpha value is -0.860. The minimum atomic E-state index is -3.29. The molecule has 0 fully saturated rings. The Balaban J connectivity index is 4.53. The fourth-order valence-electron chi connectivity index (χ4n) is 1.26. The highest BCUT2D eigenvalue weighted by Crippen LogP contribution is 2.04. The van der Waals surface area contributed by atoms with Gasteiger partial charge in [-0.25, -0.2) is 8.42 Å². The van der Waals surface area contributed by atoms with Gasteiger partial charge in [0.05, 0.1) is 12.4 Å². The van der Waals surface area contributed by atoms with Gasteiger partial charge in [0.1, 0.15) is 5.84 Å². The van der Waals surface area contributed by atoms with Gasteiger partial charge in [0.15, 0.2) is 0 Å². The van der Waals surface area contributed by atoms with Crippen LogP contribution in [-0.2, 0) is 14.8 Å². The number of methoxy groups -OCH3 is 1. The summed E-state index contributed by atoms with van der Waals surface area (Å²) in [5, 5.41) is 11.2. The number of amidine groups is 1. The van der Waals surface area contributed by atoms with Crippen molar-refractivity contribution in [2.45, 2.75) is 19.8 Å². The molecule has 0 bridgehead atoms. The first kappa shape index (κ1) is 16.1. The van der Waals surface area contributed by atoms with Crippen LogP contribution >= 0.6 is 0 Å². The summed E-state index contributed by atoms with van der Waals surface area (Å²) in [6, 6.07) is 0. The average Bonchev–Trinajstić information content (AvgIpc) is 2.28. The molecule has 0 aromatic rings. The largest absolute Gasteiger partial charge is 0.409 e. The second-order valence-electron chi connectivity index (χ2n) is 3.55. The third-order valence-corrected chi connectivity index (χ3v) is 4.22. The number of nitrogens with zero attached hydrogens (tertiary/aromatic N) is 2. The van der Waals surface area contributed by atoms with E-state index in [9.17, 15) is 8.42 Å². The maximum absolute atomic E-state index is 11.9. The Bertz CT molecular complexity index is 329. The topological polar surface area (TPSA) is 105 Å². The molecule has 17 heavy (non-hydrogen) atoms. The second kappa shape index (κ2) is 8.26. The zero-order valence-electron chi connectivity index (χ0n) is 10.3. The fraction of sp³-hybridized carbons (Fsp3) is 0.889. The minimum Gasteiger partial charge on any atom is -0.409 e. The van der Waals surface area contributed by atoms with Crippen LogP contribution in [0.5, 0.6) is 0 Å². The molecule has 0 saturated heterocycles. The molecule has 0 aliphatic heterocycles. The first-order chi connectivity index (χ1) is 7.97. The molecular formula is C9H21N3O4S. The zero-order valence-corrected chi connectivity index (χ0v) is 11.1. The summed E-state index contributed by atoms with van der Waals surface area (Å²) in [5.41, 5.74) is 5.31. The molecule has 0 saturated carbocycles. The first-order valence-electron chi connectivity index (χ1n) is 5.41. The molecule has 0 aromatic carbocycles. The van der Waals surface area contributed by atoms with Crippen LogP contribution in [0.4, 0.5) is 0 Å². The fourth-order valence-corrected chi connectivity index (χ4v) is 2.76. The molecule has 0 heterocycles. The number of rotatable bonds is 9. The molecule has 0 rings (SSSR count). The van der Waals surface area contributed by atoms with Crippen molar-refractivity contribution in [3.8, 4) is 0 Å². The van der Waals surface area contributed by atoms with E-state index in [1.807, 2.05) is 0 Å².